The number of rotatable bonds is 6. The molecule has 1 aromatic rings. The van der Waals surface area contributed by atoms with Gasteiger partial charge in [0, 0.05) is 17.8 Å². The molecule has 0 atom stereocenters. The Bertz CT molecular complexity index is 328. The molecule has 3 heteroatoms. The number of carbonyl (C=O) groups excluding carboxylic acids is 1. The lowest BCUT2D eigenvalue weighted by atomic mass is 10.0. The third kappa shape index (κ3) is 4.50. The maximum Gasteiger partial charge on any atom is 0.220 e. The van der Waals surface area contributed by atoms with Crippen LogP contribution < -0.4 is 5.32 Å². The molecule has 0 bridgehead atoms. The third-order valence-electron chi connectivity index (χ3n) is 3.53. The lowest BCUT2D eigenvalue weighted by Crippen LogP contribution is -2.25. The zero-order valence-corrected chi connectivity index (χ0v) is 11.1. The highest BCUT2D eigenvalue weighted by Crippen LogP contribution is 2.28. The summed E-state index contributed by atoms with van der Waals surface area (Å²) in [7, 11) is 0. The van der Waals surface area contributed by atoms with E-state index >= 15 is 0 Å². The molecule has 1 aliphatic carbocycles. The average Bonchev–Trinajstić information content (AvgIpc) is 2.99. The van der Waals surface area contributed by atoms with Gasteiger partial charge in [0.25, 0.3) is 0 Å². The summed E-state index contributed by atoms with van der Waals surface area (Å²) < 4.78 is 0. The van der Waals surface area contributed by atoms with Crippen molar-refractivity contribution in [3.8, 4) is 0 Å². The van der Waals surface area contributed by atoms with E-state index in [9.17, 15) is 4.79 Å². The lowest BCUT2D eigenvalue weighted by Gasteiger charge is -2.08. The molecule has 2 nitrogen and oxygen atoms in total. The zero-order chi connectivity index (χ0) is 11.9. The van der Waals surface area contributed by atoms with Crippen LogP contribution in [-0.2, 0) is 11.2 Å². The van der Waals surface area contributed by atoms with E-state index < -0.39 is 0 Å². The third-order valence-corrected chi connectivity index (χ3v) is 4.46. The standard InChI is InChI=1S/C14H21NOS/c16-14(8-7-12-4-1-2-5-12)15-10-9-13-6-3-11-17-13/h3,6,11-12H,1-2,4-5,7-10H2,(H,15,16). The quantitative estimate of drug-likeness (QED) is 0.825. The minimum Gasteiger partial charge on any atom is -0.356 e. The van der Waals surface area contributed by atoms with E-state index in [2.05, 4.69) is 22.8 Å². The van der Waals surface area contributed by atoms with Crippen LogP contribution in [0, 0.1) is 5.92 Å². The van der Waals surface area contributed by atoms with Crippen LogP contribution in [0.1, 0.15) is 43.4 Å². The van der Waals surface area contributed by atoms with E-state index in [0.29, 0.717) is 0 Å². The summed E-state index contributed by atoms with van der Waals surface area (Å²) in [6, 6.07) is 4.18. The molecule has 1 amide bonds. The Kier molecular flexibility index (Phi) is 5.05. The SMILES string of the molecule is O=C(CCC1CCCC1)NCCc1cccs1. The molecule has 2 rings (SSSR count). The van der Waals surface area contributed by atoms with Gasteiger partial charge in [-0.3, -0.25) is 4.79 Å². The van der Waals surface area contributed by atoms with Crippen LogP contribution >= 0.6 is 11.3 Å². The van der Waals surface area contributed by atoms with Crippen molar-refractivity contribution in [2.24, 2.45) is 5.92 Å². The predicted octanol–water partition coefficient (Wildman–Crippen LogP) is 3.38. The number of carbonyl (C=O) groups is 1. The van der Waals surface area contributed by atoms with Crippen LogP contribution in [0.5, 0.6) is 0 Å². The summed E-state index contributed by atoms with van der Waals surface area (Å²) in [6.07, 6.45) is 8.17. The summed E-state index contributed by atoms with van der Waals surface area (Å²) in [4.78, 5) is 13.0. The highest BCUT2D eigenvalue weighted by atomic mass is 32.1. The second-order valence-corrected chi connectivity index (χ2v) is 5.90. The van der Waals surface area contributed by atoms with Crippen LogP contribution in [0.3, 0.4) is 0 Å². The number of hydrogen-bond donors (Lipinski definition) is 1. The van der Waals surface area contributed by atoms with Crippen LogP contribution in [0.4, 0.5) is 0 Å². The van der Waals surface area contributed by atoms with E-state index in [4.69, 9.17) is 0 Å². The van der Waals surface area contributed by atoms with Crippen LogP contribution in [-0.4, -0.2) is 12.5 Å². The van der Waals surface area contributed by atoms with Gasteiger partial charge in [-0.2, -0.15) is 0 Å². The molecule has 1 N–H and O–H groups in total. The Morgan fingerprint density at radius 2 is 2.24 bits per heavy atom. The monoisotopic (exact) mass is 251 g/mol. The Balaban J connectivity index is 1.54. The number of amides is 1. The van der Waals surface area contributed by atoms with Gasteiger partial charge < -0.3 is 5.32 Å². The Labute approximate surface area is 107 Å². The molecule has 1 aromatic heterocycles. The molecule has 17 heavy (non-hydrogen) atoms. The summed E-state index contributed by atoms with van der Waals surface area (Å²) in [5, 5.41) is 5.09. The van der Waals surface area contributed by atoms with Gasteiger partial charge in [0.1, 0.15) is 0 Å². The lowest BCUT2D eigenvalue weighted by molar-refractivity contribution is -0.121. The molecule has 0 radical (unpaired) electrons. The van der Waals surface area contributed by atoms with E-state index in [0.717, 1.165) is 31.7 Å². The van der Waals surface area contributed by atoms with Crippen molar-refractivity contribution in [3.63, 3.8) is 0 Å². The van der Waals surface area contributed by atoms with Gasteiger partial charge in [-0.1, -0.05) is 31.7 Å². The topological polar surface area (TPSA) is 29.1 Å². The molecule has 0 aromatic carbocycles. The van der Waals surface area contributed by atoms with E-state index in [1.807, 2.05) is 0 Å². The average molecular weight is 251 g/mol. The Morgan fingerprint density at radius 1 is 1.41 bits per heavy atom. The van der Waals surface area contributed by atoms with Crippen molar-refractivity contribution in [3.05, 3.63) is 22.4 Å². The molecule has 1 aliphatic rings. The first-order valence-corrected chi connectivity index (χ1v) is 7.51. The maximum atomic E-state index is 11.6. The number of thiophene rings is 1. The first-order valence-electron chi connectivity index (χ1n) is 6.63. The van der Waals surface area contributed by atoms with Crippen molar-refractivity contribution in [1.82, 2.24) is 5.32 Å². The smallest absolute Gasteiger partial charge is 0.220 e. The van der Waals surface area contributed by atoms with Crippen LogP contribution in [0.2, 0.25) is 0 Å². The minimum absolute atomic E-state index is 0.230. The van der Waals surface area contributed by atoms with Gasteiger partial charge in [-0.05, 0) is 30.2 Å². The highest BCUT2D eigenvalue weighted by molar-refractivity contribution is 7.09. The second-order valence-electron chi connectivity index (χ2n) is 4.87. The first-order chi connectivity index (χ1) is 8.34. The predicted molar refractivity (Wildman–Crippen MR) is 72.2 cm³/mol. The molecule has 1 saturated carbocycles. The van der Waals surface area contributed by atoms with Gasteiger partial charge in [-0.15, -0.1) is 11.3 Å². The Morgan fingerprint density at radius 3 is 2.94 bits per heavy atom. The highest BCUT2D eigenvalue weighted by Gasteiger charge is 2.15. The van der Waals surface area contributed by atoms with Crippen LogP contribution in [0.15, 0.2) is 17.5 Å². The van der Waals surface area contributed by atoms with Gasteiger partial charge in [-0.25, -0.2) is 0 Å². The minimum atomic E-state index is 0.230. The first kappa shape index (κ1) is 12.6. The molecule has 0 spiro atoms. The summed E-state index contributed by atoms with van der Waals surface area (Å²) in [5.74, 6) is 1.05. The fraction of sp³-hybridized carbons (Fsp3) is 0.643. The largest absolute Gasteiger partial charge is 0.356 e. The normalized spacial score (nSPS) is 16.2. The Hall–Kier alpha value is -0.830. The maximum absolute atomic E-state index is 11.6. The van der Waals surface area contributed by atoms with Crippen LogP contribution in [0.25, 0.3) is 0 Å². The van der Waals surface area contributed by atoms with E-state index in [1.165, 1.54) is 30.6 Å². The molecule has 94 valence electrons. The van der Waals surface area contributed by atoms with Gasteiger partial charge >= 0.3 is 0 Å². The summed E-state index contributed by atoms with van der Waals surface area (Å²) >= 11 is 1.76. The van der Waals surface area contributed by atoms with Crippen molar-refractivity contribution in [2.75, 3.05) is 6.54 Å². The van der Waals surface area contributed by atoms with Crippen molar-refractivity contribution < 1.29 is 4.79 Å². The summed E-state index contributed by atoms with van der Waals surface area (Å²) in [6.45, 7) is 0.782. The van der Waals surface area contributed by atoms with Gasteiger partial charge in [0.05, 0.1) is 0 Å². The summed E-state index contributed by atoms with van der Waals surface area (Å²) in [5.41, 5.74) is 0. The van der Waals surface area contributed by atoms with E-state index in [-0.39, 0.29) is 5.91 Å². The number of hydrogen-bond acceptors (Lipinski definition) is 2. The molecule has 0 unspecified atom stereocenters. The van der Waals surface area contributed by atoms with Crippen molar-refractivity contribution in [2.45, 2.75) is 44.9 Å². The number of nitrogens with one attached hydrogen (secondary N) is 1. The molecule has 0 saturated heterocycles. The molecular formula is C14H21NOS. The van der Waals surface area contributed by atoms with Gasteiger partial charge in [0.2, 0.25) is 5.91 Å². The molecule has 0 aliphatic heterocycles. The second kappa shape index (κ2) is 6.80. The molecule has 1 fully saturated rings. The molecule has 1 heterocycles. The molecular weight excluding hydrogens is 230 g/mol. The van der Waals surface area contributed by atoms with Crippen molar-refractivity contribution >= 4 is 17.2 Å². The fourth-order valence-corrected chi connectivity index (χ4v) is 3.21. The van der Waals surface area contributed by atoms with E-state index in [1.54, 1.807) is 11.3 Å². The van der Waals surface area contributed by atoms with Crippen molar-refractivity contribution in [1.29, 1.82) is 0 Å². The van der Waals surface area contributed by atoms with Gasteiger partial charge in [0.15, 0.2) is 0 Å². The fourth-order valence-electron chi connectivity index (χ4n) is 2.50. The zero-order valence-electron chi connectivity index (χ0n) is 10.3.